The van der Waals surface area contributed by atoms with E-state index in [1.807, 2.05) is 0 Å². The second kappa shape index (κ2) is 6.02. The zero-order valence-electron chi connectivity index (χ0n) is 9.80. The largest absolute Gasteiger partial charge is 0.487 e. The highest BCUT2D eigenvalue weighted by Crippen LogP contribution is 2.30. The van der Waals surface area contributed by atoms with E-state index in [0.717, 1.165) is 25.9 Å². The van der Waals surface area contributed by atoms with Gasteiger partial charge in [0.15, 0.2) is 5.75 Å². The summed E-state index contributed by atoms with van der Waals surface area (Å²) in [4.78, 5) is 10.3. The molecule has 98 valence electrons. The zero-order chi connectivity index (χ0) is 13.0. The van der Waals surface area contributed by atoms with Gasteiger partial charge in [-0.2, -0.15) is 0 Å². The Balaban J connectivity index is 1.94. The topological polar surface area (TPSA) is 61.6 Å². The SMILES string of the molecule is O=[N+]([O-])c1ccc(Cl)cc1OCCC1CCCO1. The maximum absolute atomic E-state index is 10.8. The van der Waals surface area contributed by atoms with Crippen LogP contribution in [0.25, 0.3) is 0 Å². The molecule has 0 spiro atoms. The summed E-state index contributed by atoms with van der Waals surface area (Å²) in [7, 11) is 0. The van der Waals surface area contributed by atoms with E-state index in [2.05, 4.69) is 0 Å². The molecule has 0 saturated carbocycles. The minimum absolute atomic E-state index is 0.0632. The maximum Gasteiger partial charge on any atom is 0.311 e. The van der Waals surface area contributed by atoms with Crippen LogP contribution in [0.1, 0.15) is 19.3 Å². The van der Waals surface area contributed by atoms with Crippen molar-refractivity contribution in [1.29, 1.82) is 0 Å². The molecule has 1 aliphatic heterocycles. The van der Waals surface area contributed by atoms with Gasteiger partial charge in [-0.1, -0.05) is 11.6 Å². The number of nitro groups is 1. The number of halogens is 1. The Labute approximate surface area is 110 Å². The van der Waals surface area contributed by atoms with Crippen molar-refractivity contribution in [2.45, 2.75) is 25.4 Å². The Morgan fingerprint density at radius 1 is 1.56 bits per heavy atom. The van der Waals surface area contributed by atoms with E-state index >= 15 is 0 Å². The molecule has 0 aromatic heterocycles. The standard InChI is InChI=1S/C12H14ClNO4/c13-9-3-4-11(14(15)16)12(8-9)18-7-5-10-2-1-6-17-10/h3-4,8,10H,1-2,5-7H2. The number of ether oxygens (including phenoxy) is 2. The second-order valence-electron chi connectivity index (χ2n) is 4.14. The van der Waals surface area contributed by atoms with Crippen molar-refractivity contribution in [2.24, 2.45) is 0 Å². The van der Waals surface area contributed by atoms with E-state index in [4.69, 9.17) is 21.1 Å². The van der Waals surface area contributed by atoms with Crippen LogP contribution in [0, 0.1) is 10.1 Å². The number of nitro benzene ring substituents is 1. The fourth-order valence-corrected chi connectivity index (χ4v) is 2.09. The molecule has 18 heavy (non-hydrogen) atoms. The van der Waals surface area contributed by atoms with Crippen molar-refractivity contribution < 1.29 is 14.4 Å². The molecule has 2 rings (SSSR count). The summed E-state index contributed by atoms with van der Waals surface area (Å²) >= 11 is 5.80. The van der Waals surface area contributed by atoms with Crippen molar-refractivity contribution in [2.75, 3.05) is 13.2 Å². The lowest BCUT2D eigenvalue weighted by Gasteiger charge is -2.10. The van der Waals surface area contributed by atoms with E-state index in [9.17, 15) is 10.1 Å². The van der Waals surface area contributed by atoms with Crippen molar-refractivity contribution in [1.82, 2.24) is 0 Å². The molecule has 1 aromatic carbocycles. The fourth-order valence-electron chi connectivity index (χ4n) is 1.93. The molecule has 5 nitrogen and oxygen atoms in total. The summed E-state index contributed by atoms with van der Waals surface area (Å²) in [5, 5.41) is 11.2. The van der Waals surface area contributed by atoms with Gasteiger partial charge in [-0.3, -0.25) is 10.1 Å². The molecule has 1 heterocycles. The third kappa shape index (κ3) is 3.34. The molecule has 0 radical (unpaired) electrons. The molecule has 0 aliphatic carbocycles. The quantitative estimate of drug-likeness (QED) is 0.609. The van der Waals surface area contributed by atoms with Crippen LogP contribution in [0.2, 0.25) is 5.02 Å². The van der Waals surface area contributed by atoms with Gasteiger partial charge < -0.3 is 9.47 Å². The first kappa shape index (κ1) is 13.1. The van der Waals surface area contributed by atoms with Crippen molar-refractivity contribution in [3.8, 4) is 5.75 Å². The van der Waals surface area contributed by atoms with Crippen LogP contribution >= 0.6 is 11.6 Å². The molecule has 0 amide bonds. The van der Waals surface area contributed by atoms with Crippen LogP contribution in [0.5, 0.6) is 5.75 Å². The minimum Gasteiger partial charge on any atom is -0.487 e. The Kier molecular flexibility index (Phi) is 4.38. The van der Waals surface area contributed by atoms with Crippen LogP contribution in [0.15, 0.2) is 18.2 Å². The highest BCUT2D eigenvalue weighted by Gasteiger charge is 2.18. The lowest BCUT2D eigenvalue weighted by Crippen LogP contribution is -2.11. The molecule has 1 unspecified atom stereocenters. The van der Waals surface area contributed by atoms with E-state index in [1.165, 1.54) is 18.2 Å². The van der Waals surface area contributed by atoms with Crippen molar-refractivity contribution in [3.05, 3.63) is 33.3 Å². The predicted octanol–water partition coefficient (Wildman–Crippen LogP) is 3.20. The van der Waals surface area contributed by atoms with Gasteiger partial charge in [-0.25, -0.2) is 0 Å². The van der Waals surface area contributed by atoms with Gasteiger partial charge >= 0.3 is 5.69 Å². The Hall–Kier alpha value is -1.33. The number of hydrogen-bond acceptors (Lipinski definition) is 4. The summed E-state index contributed by atoms with van der Waals surface area (Å²) in [6.45, 7) is 1.19. The van der Waals surface area contributed by atoms with Crippen LogP contribution in [-0.2, 0) is 4.74 Å². The van der Waals surface area contributed by atoms with E-state index in [0.29, 0.717) is 11.6 Å². The van der Waals surface area contributed by atoms with Gasteiger partial charge in [0.2, 0.25) is 0 Å². The number of nitrogens with zero attached hydrogens (tertiary/aromatic N) is 1. The molecule has 1 fully saturated rings. The van der Waals surface area contributed by atoms with E-state index < -0.39 is 4.92 Å². The summed E-state index contributed by atoms with van der Waals surface area (Å²) in [6, 6.07) is 4.30. The zero-order valence-corrected chi connectivity index (χ0v) is 10.6. The first-order valence-electron chi connectivity index (χ1n) is 5.85. The van der Waals surface area contributed by atoms with Crippen LogP contribution < -0.4 is 4.74 Å². The number of benzene rings is 1. The van der Waals surface area contributed by atoms with Gasteiger partial charge in [0.25, 0.3) is 0 Å². The Morgan fingerprint density at radius 2 is 2.39 bits per heavy atom. The molecule has 0 bridgehead atoms. The molecule has 1 aliphatic rings. The number of rotatable bonds is 5. The number of hydrogen-bond donors (Lipinski definition) is 0. The summed E-state index contributed by atoms with van der Waals surface area (Å²) in [5.74, 6) is 0.213. The average Bonchev–Trinajstić information content (AvgIpc) is 2.82. The monoisotopic (exact) mass is 271 g/mol. The molecular formula is C12H14ClNO4. The molecular weight excluding hydrogens is 258 g/mol. The fraction of sp³-hybridized carbons (Fsp3) is 0.500. The normalized spacial score (nSPS) is 18.8. The lowest BCUT2D eigenvalue weighted by atomic mass is 10.2. The summed E-state index contributed by atoms with van der Waals surface area (Å²) in [5.41, 5.74) is -0.0632. The third-order valence-corrected chi connectivity index (χ3v) is 3.08. The minimum atomic E-state index is -0.474. The summed E-state index contributed by atoms with van der Waals surface area (Å²) < 4.78 is 10.9. The molecule has 0 N–H and O–H groups in total. The Bertz CT molecular complexity index is 432. The van der Waals surface area contributed by atoms with E-state index in [1.54, 1.807) is 0 Å². The molecule has 1 aromatic rings. The lowest BCUT2D eigenvalue weighted by molar-refractivity contribution is -0.385. The Morgan fingerprint density at radius 3 is 3.06 bits per heavy atom. The van der Waals surface area contributed by atoms with Gasteiger partial charge in [0, 0.05) is 30.2 Å². The maximum atomic E-state index is 10.8. The average molecular weight is 272 g/mol. The first-order valence-corrected chi connectivity index (χ1v) is 6.23. The van der Waals surface area contributed by atoms with Crippen molar-refractivity contribution >= 4 is 17.3 Å². The van der Waals surface area contributed by atoms with Crippen LogP contribution in [0.3, 0.4) is 0 Å². The van der Waals surface area contributed by atoms with Crippen molar-refractivity contribution in [3.63, 3.8) is 0 Å². The highest BCUT2D eigenvalue weighted by molar-refractivity contribution is 6.30. The smallest absolute Gasteiger partial charge is 0.311 e. The predicted molar refractivity (Wildman–Crippen MR) is 67.2 cm³/mol. The van der Waals surface area contributed by atoms with E-state index in [-0.39, 0.29) is 17.5 Å². The molecule has 6 heteroatoms. The highest BCUT2D eigenvalue weighted by atomic mass is 35.5. The second-order valence-corrected chi connectivity index (χ2v) is 4.58. The van der Waals surface area contributed by atoms with Gasteiger partial charge in [0.1, 0.15) is 0 Å². The first-order chi connectivity index (χ1) is 8.66. The van der Waals surface area contributed by atoms with Gasteiger partial charge in [-0.15, -0.1) is 0 Å². The van der Waals surface area contributed by atoms with Gasteiger partial charge in [0.05, 0.1) is 17.6 Å². The molecule has 1 saturated heterocycles. The van der Waals surface area contributed by atoms with Crippen LogP contribution in [-0.4, -0.2) is 24.2 Å². The van der Waals surface area contributed by atoms with Gasteiger partial charge in [-0.05, 0) is 18.9 Å². The summed E-state index contributed by atoms with van der Waals surface area (Å²) in [6.07, 6.45) is 3.05. The third-order valence-electron chi connectivity index (χ3n) is 2.84. The molecule has 1 atom stereocenters. The van der Waals surface area contributed by atoms with Crippen LogP contribution in [0.4, 0.5) is 5.69 Å².